The first-order chi connectivity index (χ1) is 7.33. The van der Waals surface area contributed by atoms with Gasteiger partial charge in [0.1, 0.15) is 5.60 Å². The van der Waals surface area contributed by atoms with Crippen molar-refractivity contribution < 1.29 is 9.53 Å². The van der Waals surface area contributed by atoms with Crippen molar-refractivity contribution in [3.8, 4) is 0 Å². The van der Waals surface area contributed by atoms with E-state index in [9.17, 15) is 4.79 Å². The average molecular weight is 240 g/mol. The number of pyridine rings is 1. The number of nitrogens with zero attached hydrogens (tertiary/aromatic N) is 1. The van der Waals surface area contributed by atoms with Gasteiger partial charge < -0.3 is 4.74 Å². The highest BCUT2D eigenvalue weighted by atomic mass is 35.5. The summed E-state index contributed by atoms with van der Waals surface area (Å²) in [6.07, 6.45) is 2.96. The third-order valence-corrected chi connectivity index (χ3v) is 2.00. The largest absolute Gasteiger partial charge is 0.456 e. The van der Waals surface area contributed by atoms with Gasteiger partial charge in [0.25, 0.3) is 0 Å². The van der Waals surface area contributed by atoms with Gasteiger partial charge in [0.15, 0.2) is 0 Å². The highest BCUT2D eigenvalue weighted by Gasteiger charge is 2.18. The molecule has 0 radical (unpaired) electrons. The molecule has 0 amide bonds. The molecule has 1 rings (SSSR count). The average Bonchev–Trinajstić information content (AvgIpc) is 2.15. The summed E-state index contributed by atoms with van der Waals surface area (Å²) in [5, 5.41) is 0.387. The van der Waals surface area contributed by atoms with Gasteiger partial charge in [0.05, 0.1) is 16.3 Å². The van der Waals surface area contributed by atoms with E-state index >= 15 is 0 Å². The lowest BCUT2D eigenvalue weighted by Gasteiger charge is -2.19. The van der Waals surface area contributed by atoms with Crippen molar-refractivity contribution >= 4 is 23.6 Å². The second-order valence-electron chi connectivity index (χ2n) is 4.30. The number of carbonyl (C=O) groups is 1. The van der Waals surface area contributed by atoms with E-state index < -0.39 is 11.6 Å². The molecule has 4 heteroatoms. The van der Waals surface area contributed by atoms with E-state index in [1.54, 1.807) is 20.8 Å². The fourth-order valence-corrected chi connectivity index (χ4v) is 1.29. The Hall–Kier alpha value is -1.35. The first-order valence-corrected chi connectivity index (χ1v) is 5.22. The number of halogens is 1. The van der Waals surface area contributed by atoms with Crippen LogP contribution in [0.5, 0.6) is 0 Å². The number of esters is 1. The Labute approximate surface area is 100 Å². The van der Waals surface area contributed by atoms with Crippen molar-refractivity contribution in [1.29, 1.82) is 0 Å². The number of hydrogen-bond donors (Lipinski definition) is 0. The molecule has 0 aliphatic carbocycles. The van der Waals surface area contributed by atoms with Crippen LogP contribution >= 0.6 is 11.6 Å². The highest BCUT2D eigenvalue weighted by molar-refractivity contribution is 6.32. The van der Waals surface area contributed by atoms with Gasteiger partial charge in [0.2, 0.25) is 0 Å². The molecule has 0 saturated heterocycles. The van der Waals surface area contributed by atoms with Crippen LogP contribution in [-0.4, -0.2) is 16.6 Å². The van der Waals surface area contributed by atoms with Crippen molar-refractivity contribution in [3.63, 3.8) is 0 Å². The lowest BCUT2D eigenvalue weighted by atomic mass is 10.2. The molecule has 1 aromatic heterocycles. The Morgan fingerprint density at radius 1 is 1.56 bits per heavy atom. The van der Waals surface area contributed by atoms with Gasteiger partial charge in [-0.3, -0.25) is 4.98 Å². The van der Waals surface area contributed by atoms with Crippen molar-refractivity contribution in [2.24, 2.45) is 0 Å². The van der Waals surface area contributed by atoms with Crippen molar-refractivity contribution in [1.82, 2.24) is 4.98 Å². The molecule has 0 aliphatic heterocycles. The Balaban J connectivity index is 2.94. The monoisotopic (exact) mass is 239 g/mol. The third kappa shape index (κ3) is 3.35. The van der Waals surface area contributed by atoms with Gasteiger partial charge in [-0.05, 0) is 32.9 Å². The molecule has 0 fully saturated rings. The summed E-state index contributed by atoms with van der Waals surface area (Å²) in [6.45, 7) is 8.97. The van der Waals surface area contributed by atoms with E-state index in [0.717, 1.165) is 0 Å². The molecule has 3 nitrogen and oxygen atoms in total. The Bertz CT molecular complexity index is 422. The molecular formula is C12H14ClNO2. The minimum Gasteiger partial charge on any atom is -0.456 e. The van der Waals surface area contributed by atoms with Crippen LogP contribution in [0.25, 0.3) is 6.08 Å². The second-order valence-corrected chi connectivity index (χ2v) is 4.70. The summed E-state index contributed by atoms with van der Waals surface area (Å²) in [6, 6.07) is 1.53. The molecule has 0 saturated carbocycles. The van der Waals surface area contributed by atoms with E-state index in [-0.39, 0.29) is 0 Å². The third-order valence-electron chi connectivity index (χ3n) is 1.70. The topological polar surface area (TPSA) is 39.2 Å². The zero-order valence-electron chi connectivity index (χ0n) is 9.58. The molecule has 86 valence electrons. The molecule has 0 atom stereocenters. The fourth-order valence-electron chi connectivity index (χ4n) is 1.05. The maximum Gasteiger partial charge on any atom is 0.340 e. The first-order valence-electron chi connectivity index (χ1n) is 4.85. The number of rotatable bonds is 2. The van der Waals surface area contributed by atoms with Crippen LogP contribution in [0.15, 0.2) is 18.8 Å². The number of carbonyl (C=O) groups excluding carboxylic acids is 1. The van der Waals surface area contributed by atoms with Gasteiger partial charge in [-0.1, -0.05) is 18.2 Å². The lowest BCUT2D eigenvalue weighted by Crippen LogP contribution is -2.24. The second kappa shape index (κ2) is 4.66. The maximum absolute atomic E-state index is 11.7. The molecule has 0 bridgehead atoms. The van der Waals surface area contributed by atoms with E-state index in [0.29, 0.717) is 16.3 Å². The van der Waals surface area contributed by atoms with Crippen molar-refractivity contribution in [2.45, 2.75) is 26.4 Å². The van der Waals surface area contributed by atoms with Crippen molar-refractivity contribution in [2.75, 3.05) is 0 Å². The predicted molar refractivity (Wildman–Crippen MR) is 64.5 cm³/mol. The van der Waals surface area contributed by atoms with Crippen LogP contribution in [0.3, 0.4) is 0 Å². The van der Waals surface area contributed by atoms with Gasteiger partial charge in [0, 0.05) is 6.20 Å². The van der Waals surface area contributed by atoms with Crippen LogP contribution in [0.1, 0.15) is 36.8 Å². The summed E-state index contributed by atoms with van der Waals surface area (Å²) in [5.74, 6) is -0.433. The SMILES string of the molecule is C=Cc1ncc(C(=O)OC(C)(C)C)cc1Cl. The summed E-state index contributed by atoms with van der Waals surface area (Å²) < 4.78 is 5.19. The summed E-state index contributed by atoms with van der Waals surface area (Å²) in [4.78, 5) is 15.7. The van der Waals surface area contributed by atoms with Gasteiger partial charge in [-0.15, -0.1) is 0 Å². The number of ether oxygens (including phenoxy) is 1. The molecule has 1 heterocycles. The molecule has 1 aromatic rings. The number of aromatic nitrogens is 1. The van der Waals surface area contributed by atoms with Crippen LogP contribution in [0.2, 0.25) is 5.02 Å². The molecule has 0 spiro atoms. The zero-order valence-corrected chi connectivity index (χ0v) is 10.3. The summed E-state index contributed by atoms with van der Waals surface area (Å²) >= 11 is 5.90. The quantitative estimate of drug-likeness (QED) is 0.743. The normalized spacial score (nSPS) is 11.0. The molecule has 0 aliphatic rings. The van der Waals surface area contributed by atoms with Gasteiger partial charge in [-0.25, -0.2) is 4.79 Å². The maximum atomic E-state index is 11.7. The Morgan fingerprint density at radius 2 is 2.19 bits per heavy atom. The minimum atomic E-state index is -0.527. The van der Waals surface area contributed by atoms with Crippen molar-refractivity contribution in [3.05, 3.63) is 35.1 Å². The highest BCUT2D eigenvalue weighted by Crippen LogP contribution is 2.18. The predicted octanol–water partition coefficient (Wildman–Crippen LogP) is 3.33. The fraction of sp³-hybridized carbons (Fsp3) is 0.333. The van der Waals surface area contributed by atoms with Crippen LogP contribution < -0.4 is 0 Å². The minimum absolute atomic E-state index is 0.338. The van der Waals surface area contributed by atoms with Crippen LogP contribution in [0, 0.1) is 0 Å². The standard InChI is InChI=1S/C12H14ClNO2/c1-5-10-9(13)6-8(7-14-10)11(15)16-12(2,3)4/h5-7H,1H2,2-4H3. The molecule has 0 aromatic carbocycles. The summed E-state index contributed by atoms with van der Waals surface area (Å²) in [7, 11) is 0. The van der Waals surface area contributed by atoms with E-state index in [1.165, 1.54) is 18.3 Å². The van der Waals surface area contributed by atoms with Crippen LogP contribution in [-0.2, 0) is 4.74 Å². The Morgan fingerprint density at radius 3 is 2.62 bits per heavy atom. The van der Waals surface area contributed by atoms with E-state index in [2.05, 4.69) is 11.6 Å². The molecule has 0 unspecified atom stereocenters. The van der Waals surface area contributed by atoms with E-state index in [1.807, 2.05) is 0 Å². The first kappa shape index (κ1) is 12.7. The lowest BCUT2D eigenvalue weighted by molar-refractivity contribution is 0.00691. The summed E-state index contributed by atoms with van der Waals surface area (Å²) in [5.41, 5.74) is 0.361. The van der Waals surface area contributed by atoms with Crippen LogP contribution in [0.4, 0.5) is 0 Å². The van der Waals surface area contributed by atoms with E-state index in [4.69, 9.17) is 16.3 Å². The smallest absolute Gasteiger partial charge is 0.340 e. The van der Waals surface area contributed by atoms with Gasteiger partial charge in [-0.2, -0.15) is 0 Å². The molecule has 16 heavy (non-hydrogen) atoms. The Kier molecular flexibility index (Phi) is 3.70. The molecular weight excluding hydrogens is 226 g/mol. The number of hydrogen-bond acceptors (Lipinski definition) is 3. The zero-order chi connectivity index (χ0) is 12.3. The molecule has 0 N–H and O–H groups in total. The van der Waals surface area contributed by atoms with Gasteiger partial charge >= 0.3 is 5.97 Å².